The van der Waals surface area contributed by atoms with Crippen molar-refractivity contribution in [2.24, 2.45) is 0 Å². The molecule has 238 valence electrons. The van der Waals surface area contributed by atoms with E-state index in [2.05, 4.69) is 68.9 Å². The maximum Gasteiger partial charge on any atom is 0.455 e. The fourth-order valence-electron chi connectivity index (χ4n) is 4.12. The third-order valence-electron chi connectivity index (χ3n) is 5.04. The lowest BCUT2D eigenvalue weighted by Crippen LogP contribution is -2.48. The van der Waals surface area contributed by atoms with E-state index in [4.69, 9.17) is 26.5 Å². The molecule has 4 unspecified atom stereocenters. The highest BCUT2D eigenvalue weighted by Gasteiger charge is 2.51. The van der Waals surface area contributed by atoms with Crippen LogP contribution in [-0.4, -0.2) is 76.0 Å². The highest BCUT2D eigenvalue weighted by molar-refractivity contribution is 7.52. The van der Waals surface area contributed by atoms with Gasteiger partial charge in [0.2, 0.25) is 0 Å². The molecule has 1 saturated heterocycles. The van der Waals surface area contributed by atoms with Crippen molar-refractivity contribution in [1.82, 2.24) is 9.55 Å². The molecule has 2 heterocycles. The summed E-state index contributed by atoms with van der Waals surface area (Å²) < 4.78 is 53.2. The Morgan fingerprint density at radius 3 is 1.73 bits per heavy atom. The zero-order valence-electron chi connectivity index (χ0n) is 27.8. The Morgan fingerprint density at radius 1 is 0.829 bits per heavy atom. The van der Waals surface area contributed by atoms with E-state index in [1.165, 1.54) is 4.57 Å². The number of hydrogen-bond acceptors (Lipinski definition) is 10. The second-order valence-corrected chi connectivity index (χ2v) is 40.2. The van der Waals surface area contributed by atoms with Crippen molar-refractivity contribution in [1.29, 1.82) is 0 Å². The molecule has 0 spiro atoms. The normalized spacial score (nSPS) is 23.2. The van der Waals surface area contributed by atoms with E-state index in [1.807, 2.05) is 39.3 Å². The molecule has 0 bridgehead atoms. The highest BCUT2D eigenvalue weighted by atomic mass is 31.2. The third kappa shape index (κ3) is 13.1. The smallest absolute Gasteiger partial charge is 0.409 e. The van der Waals surface area contributed by atoms with Gasteiger partial charge in [-0.25, -0.2) is 9.36 Å². The van der Waals surface area contributed by atoms with Crippen molar-refractivity contribution in [2.75, 3.05) is 11.6 Å². The van der Waals surface area contributed by atoms with Gasteiger partial charge in [0.15, 0.2) is 39.5 Å². The molecular weight excluding hydrogens is 630 g/mol. The number of ether oxygens (including phenoxy) is 1. The van der Waals surface area contributed by atoms with Gasteiger partial charge in [-0.2, -0.15) is 4.98 Å². The van der Waals surface area contributed by atoms with E-state index in [9.17, 15) is 9.36 Å². The van der Waals surface area contributed by atoms with E-state index >= 15 is 0 Å². The first-order valence-corrected chi connectivity index (χ1v) is 32.8. The van der Waals surface area contributed by atoms with Crippen LogP contribution in [-0.2, 0) is 31.1 Å². The number of anilines is 1. The van der Waals surface area contributed by atoms with Crippen LogP contribution in [0.5, 0.6) is 0 Å². The average molecular weight is 684 g/mol. The standard InChI is InChI=1S/C24H54N3O8PSi5/c1-37(2,3)26-20-16-17-27(24(28)25-20)23-22(33-39(7,8)9)21(32-38(4,5)6)19(31-23)18-30-36(29,34-40(10,11)12)35-41(13,14)15/h16-17,19,21-23H,18H2,1-15H3,(H,25,26,28). The number of phosphoric acid groups is 1. The summed E-state index contributed by atoms with van der Waals surface area (Å²) in [6.45, 7) is 30.4. The summed E-state index contributed by atoms with van der Waals surface area (Å²) in [7, 11) is -14.5. The topological polar surface area (TPSA) is 119 Å². The molecule has 1 aliphatic heterocycles. The fourth-order valence-corrected chi connectivity index (χ4v) is 13.8. The second-order valence-electron chi connectivity index (χ2n) is 15.5. The first-order valence-electron chi connectivity index (χ1n) is 14.2. The average Bonchev–Trinajstić information content (AvgIpc) is 2.96. The maximum atomic E-state index is 13.9. The summed E-state index contributed by atoms with van der Waals surface area (Å²) in [5.41, 5.74) is -0.453. The van der Waals surface area contributed by atoms with Crippen molar-refractivity contribution < 1.29 is 31.1 Å². The molecule has 0 aliphatic carbocycles. The number of nitrogens with zero attached hydrogens (tertiary/aromatic N) is 2. The Balaban J connectivity index is 2.52. The lowest BCUT2D eigenvalue weighted by Gasteiger charge is -2.35. The van der Waals surface area contributed by atoms with Gasteiger partial charge in [0.1, 0.15) is 32.4 Å². The number of rotatable bonds is 14. The van der Waals surface area contributed by atoms with Gasteiger partial charge in [-0.1, -0.05) is 19.6 Å². The molecule has 1 aromatic rings. The Kier molecular flexibility index (Phi) is 11.7. The Morgan fingerprint density at radius 2 is 1.32 bits per heavy atom. The van der Waals surface area contributed by atoms with Crippen LogP contribution in [0.25, 0.3) is 0 Å². The summed E-state index contributed by atoms with van der Waals surface area (Å²) in [6.07, 6.45) is -0.994. The van der Waals surface area contributed by atoms with Crippen LogP contribution in [0.1, 0.15) is 6.23 Å². The molecule has 1 aliphatic rings. The summed E-state index contributed by atoms with van der Waals surface area (Å²) >= 11 is 0. The number of nitrogens with one attached hydrogen (secondary N) is 1. The quantitative estimate of drug-likeness (QED) is 0.169. The predicted molar refractivity (Wildman–Crippen MR) is 178 cm³/mol. The summed E-state index contributed by atoms with van der Waals surface area (Å²) in [4.78, 5) is 21.0. The molecule has 11 nitrogen and oxygen atoms in total. The molecule has 1 aromatic heterocycles. The first kappa shape index (κ1) is 36.9. The molecule has 2 rings (SSSR count). The molecule has 17 heteroatoms. The van der Waals surface area contributed by atoms with E-state index in [0.29, 0.717) is 5.82 Å². The zero-order chi connectivity index (χ0) is 31.8. The number of hydrogen-bond donors (Lipinski definition) is 1. The first-order chi connectivity index (χ1) is 18.2. The number of aromatic nitrogens is 2. The molecule has 1 fully saturated rings. The van der Waals surface area contributed by atoms with Crippen LogP contribution >= 0.6 is 7.82 Å². The van der Waals surface area contributed by atoms with Gasteiger partial charge in [0.25, 0.3) is 0 Å². The van der Waals surface area contributed by atoms with Crippen LogP contribution < -0.4 is 10.7 Å². The van der Waals surface area contributed by atoms with Gasteiger partial charge in [-0.15, -0.1) is 0 Å². The van der Waals surface area contributed by atoms with Crippen LogP contribution in [0.4, 0.5) is 5.82 Å². The maximum absolute atomic E-state index is 13.9. The van der Waals surface area contributed by atoms with Crippen molar-refractivity contribution in [3.05, 3.63) is 22.7 Å². The molecule has 41 heavy (non-hydrogen) atoms. The largest absolute Gasteiger partial charge is 0.455 e. The lowest BCUT2D eigenvalue weighted by molar-refractivity contribution is -0.0511. The molecule has 0 saturated carbocycles. The Hall–Kier alpha value is -0.246. The van der Waals surface area contributed by atoms with Crippen LogP contribution in [0.15, 0.2) is 17.1 Å². The minimum absolute atomic E-state index is 0.110. The van der Waals surface area contributed by atoms with Gasteiger partial charge in [-0.3, -0.25) is 9.09 Å². The summed E-state index contributed by atoms with van der Waals surface area (Å²) in [5.74, 6) is 0.536. The minimum Gasteiger partial charge on any atom is -0.409 e. The van der Waals surface area contributed by atoms with E-state index in [0.717, 1.165) is 0 Å². The monoisotopic (exact) mass is 683 g/mol. The zero-order valence-corrected chi connectivity index (χ0v) is 33.7. The second kappa shape index (κ2) is 13.0. The molecule has 0 aromatic carbocycles. The van der Waals surface area contributed by atoms with Gasteiger partial charge in [-0.05, 0) is 84.6 Å². The predicted octanol–water partition coefficient (Wildman–Crippen LogP) is 6.66. The van der Waals surface area contributed by atoms with E-state index in [1.54, 1.807) is 12.3 Å². The van der Waals surface area contributed by atoms with Crippen molar-refractivity contribution in [3.63, 3.8) is 0 Å². The molecule has 1 N–H and O–H groups in total. The molecule has 0 amide bonds. The minimum atomic E-state index is -3.90. The third-order valence-corrected chi connectivity index (χ3v) is 14.6. The van der Waals surface area contributed by atoms with Crippen molar-refractivity contribution in [2.45, 2.75) is 123 Å². The summed E-state index contributed by atoms with van der Waals surface area (Å²) in [5, 5.41) is 0. The van der Waals surface area contributed by atoms with E-state index < -0.39 is 79.6 Å². The lowest BCUT2D eigenvalue weighted by atomic mass is 10.1. The van der Waals surface area contributed by atoms with Crippen LogP contribution in [0.2, 0.25) is 98.2 Å². The molecule has 4 atom stereocenters. The van der Waals surface area contributed by atoms with Crippen molar-refractivity contribution >= 4 is 55.1 Å². The Bertz CT molecular complexity index is 1120. The van der Waals surface area contributed by atoms with Gasteiger partial charge in [0, 0.05) is 6.20 Å². The van der Waals surface area contributed by atoms with Gasteiger partial charge in [0.05, 0.1) is 6.61 Å². The van der Waals surface area contributed by atoms with Gasteiger partial charge >= 0.3 is 13.5 Å². The Labute approximate surface area is 252 Å². The molecular formula is C24H54N3O8PSi5. The molecule has 0 radical (unpaired) electrons. The SMILES string of the molecule is C[Si](C)(C)Nc1ccn(C2OC(COP(=O)(O[Si](C)(C)C)O[Si](C)(C)C)C(O[Si](C)(C)C)C2O[Si](C)(C)C)c(=O)n1. The fraction of sp³-hybridized carbons (Fsp3) is 0.833. The van der Waals surface area contributed by atoms with Crippen molar-refractivity contribution in [3.8, 4) is 0 Å². The van der Waals surface area contributed by atoms with E-state index in [-0.39, 0.29) is 6.61 Å². The highest BCUT2D eigenvalue weighted by Crippen LogP contribution is 2.54. The summed E-state index contributed by atoms with van der Waals surface area (Å²) in [6, 6.07) is 1.78. The van der Waals surface area contributed by atoms with Crippen LogP contribution in [0, 0.1) is 0 Å². The van der Waals surface area contributed by atoms with Crippen LogP contribution in [0.3, 0.4) is 0 Å². The van der Waals surface area contributed by atoms with Gasteiger partial charge < -0.3 is 27.0 Å².